The molecule has 6 heteroatoms. The molecule has 4 atom stereocenters. The number of rotatable bonds is 5. The van der Waals surface area contributed by atoms with Crippen LogP contribution in [0.1, 0.15) is 58.1 Å². The Bertz CT molecular complexity index is 936. The third kappa shape index (κ3) is 7.79. The number of amides is 1. The molecule has 0 aliphatic carbocycles. The number of hydrogen-bond donors (Lipinski definition) is 1. The van der Waals surface area contributed by atoms with Gasteiger partial charge in [-0.25, -0.2) is 9.59 Å². The van der Waals surface area contributed by atoms with Crippen molar-refractivity contribution >= 4 is 12.1 Å². The molecule has 1 heterocycles. The van der Waals surface area contributed by atoms with E-state index in [4.69, 9.17) is 14.2 Å². The number of aryl methyl sites for hydroxylation is 1. The van der Waals surface area contributed by atoms with Crippen molar-refractivity contribution in [2.45, 2.75) is 84.2 Å². The molecule has 34 heavy (non-hydrogen) atoms. The van der Waals surface area contributed by atoms with Crippen LogP contribution in [0.25, 0.3) is 0 Å². The zero-order chi connectivity index (χ0) is 24.7. The topological polar surface area (TPSA) is 73.9 Å². The van der Waals surface area contributed by atoms with Crippen molar-refractivity contribution in [2.24, 2.45) is 5.92 Å². The molecular weight excluding hydrogens is 430 g/mol. The van der Waals surface area contributed by atoms with Gasteiger partial charge in [0.15, 0.2) is 0 Å². The van der Waals surface area contributed by atoms with Gasteiger partial charge in [-0.15, -0.1) is 0 Å². The average molecular weight is 468 g/mol. The molecule has 0 radical (unpaired) electrons. The predicted molar refractivity (Wildman–Crippen MR) is 132 cm³/mol. The molecule has 1 saturated heterocycles. The molecule has 1 aliphatic heterocycles. The van der Waals surface area contributed by atoms with Crippen molar-refractivity contribution in [3.05, 3.63) is 65.7 Å². The van der Waals surface area contributed by atoms with Gasteiger partial charge in [-0.1, -0.05) is 54.4 Å². The zero-order valence-electron chi connectivity index (χ0n) is 20.9. The van der Waals surface area contributed by atoms with Crippen molar-refractivity contribution < 1.29 is 23.8 Å². The third-order valence-electron chi connectivity index (χ3n) is 5.91. The van der Waals surface area contributed by atoms with E-state index in [9.17, 15) is 9.59 Å². The second kappa shape index (κ2) is 11.4. The lowest BCUT2D eigenvalue weighted by Gasteiger charge is -2.32. The van der Waals surface area contributed by atoms with Crippen LogP contribution in [0.3, 0.4) is 0 Å². The van der Waals surface area contributed by atoms with Crippen molar-refractivity contribution in [2.75, 3.05) is 0 Å². The molecule has 4 unspecified atom stereocenters. The van der Waals surface area contributed by atoms with E-state index in [1.165, 1.54) is 11.1 Å². The van der Waals surface area contributed by atoms with E-state index in [2.05, 4.69) is 36.5 Å². The minimum atomic E-state index is -0.757. The summed E-state index contributed by atoms with van der Waals surface area (Å²) in [6, 6.07) is 17.4. The maximum atomic E-state index is 13.0. The summed E-state index contributed by atoms with van der Waals surface area (Å²) >= 11 is 0. The SMILES string of the molecule is Cc1ccc(CC2CCCC(NC(=O)OC(C)(C)C)C(=O)OC(C)C2Oc2ccccc2)cc1. The van der Waals surface area contributed by atoms with Crippen molar-refractivity contribution in [3.8, 4) is 5.75 Å². The van der Waals surface area contributed by atoms with Crippen molar-refractivity contribution in [1.82, 2.24) is 5.32 Å². The van der Waals surface area contributed by atoms with Gasteiger partial charge in [0.1, 0.15) is 29.6 Å². The van der Waals surface area contributed by atoms with E-state index in [1.54, 1.807) is 20.8 Å². The van der Waals surface area contributed by atoms with Crippen LogP contribution in [-0.2, 0) is 20.7 Å². The molecule has 0 spiro atoms. The van der Waals surface area contributed by atoms with Crippen LogP contribution in [0.5, 0.6) is 5.75 Å². The number of ether oxygens (including phenoxy) is 3. The highest BCUT2D eigenvalue weighted by Crippen LogP contribution is 2.29. The van der Waals surface area contributed by atoms with Crippen LogP contribution in [-0.4, -0.2) is 35.9 Å². The van der Waals surface area contributed by atoms with E-state index in [-0.39, 0.29) is 12.0 Å². The fourth-order valence-electron chi connectivity index (χ4n) is 4.26. The second-order valence-electron chi connectivity index (χ2n) is 10.1. The molecule has 184 valence electrons. The summed E-state index contributed by atoms with van der Waals surface area (Å²) in [6.07, 6.45) is 1.43. The van der Waals surface area contributed by atoms with Gasteiger partial charge >= 0.3 is 12.1 Å². The summed E-state index contributed by atoms with van der Waals surface area (Å²) in [7, 11) is 0. The van der Waals surface area contributed by atoms with E-state index >= 15 is 0 Å². The first kappa shape index (κ1) is 25.6. The Morgan fingerprint density at radius 2 is 1.74 bits per heavy atom. The Hall–Kier alpha value is -3.02. The Morgan fingerprint density at radius 1 is 1.06 bits per heavy atom. The summed E-state index contributed by atoms with van der Waals surface area (Å²) in [6.45, 7) is 9.31. The Balaban J connectivity index is 1.80. The molecule has 0 saturated carbocycles. The number of nitrogens with one attached hydrogen (secondary N) is 1. The van der Waals surface area contributed by atoms with Gasteiger partial charge in [-0.3, -0.25) is 0 Å². The number of carbonyl (C=O) groups excluding carboxylic acids is 2. The summed E-state index contributed by atoms with van der Waals surface area (Å²) < 4.78 is 17.6. The molecule has 2 aromatic carbocycles. The van der Waals surface area contributed by atoms with Gasteiger partial charge in [0.2, 0.25) is 0 Å². The smallest absolute Gasteiger partial charge is 0.408 e. The number of hydrogen-bond acceptors (Lipinski definition) is 5. The summed E-state index contributed by atoms with van der Waals surface area (Å²) in [5.74, 6) is 0.411. The van der Waals surface area contributed by atoms with Crippen LogP contribution in [0.2, 0.25) is 0 Å². The first-order valence-corrected chi connectivity index (χ1v) is 12.1. The van der Waals surface area contributed by atoms with Crippen LogP contribution in [0.15, 0.2) is 54.6 Å². The lowest BCUT2D eigenvalue weighted by molar-refractivity contribution is -0.156. The monoisotopic (exact) mass is 467 g/mol. The molecule has 3 rings (SSSR count). The summed E-state index contributed by atoms with van der Waals surface area (Å²) in [4.78, 5) is 25.3. The lowest BCUT2D eigenvalue weighted by atomic mass is 9.86. The van der Waals surface area contributed by atoms with Crippen LogP contribution < -0.4 is 10.1 Å². The molecule has 1 N–H and O–H groups in total. The summed E-state index contributed by atoms with van der Waals surface area (Å²) in [5, 5.41) is 2.70. The average Bonchev–Trinajstić information content (AvgIpc) is 2.80. The predicted octanol–water partition coefficient (Wildman–Crippen LogP) is 5.61. The largest absolute Gasteiger partial charge is 0.486 e. The highest BCUT2D eigenvalue weighted by atomic mass is 16.6. The molecule has 6 nitrogen and oxygen atoms in total. The number of carbonyl (C=O) groups is 2. The van der Waals surface area contributed by atoms with Gasteiger partial charge in [-0.05, 0) is 71.6 Å². The van der Waals surface area contributed by atoms with Gasteiger partial charge in [-0.2, -0.15) is 0 Å². The molecule has 2 aromatic rings. The van der Waals surface area contributed by atoms with E-state index in [0.29, 0.717) is 6.42 Å². The van der Waals surface area contributed by atoms with Gasteiger partial charge in [0.25, 0.3) is 0 Å². The molecule has 1 amide bonds. The summed E-state index contributed by atoms with van der Waals surface area (Å²) in [5.41, 5.74) is 1.79. The number of para-hydroxylation sites is 1. The minimum Gasteiger partial charge on any atom is -0.486 e. The maximum absolute atomic E-state index is 13.0. The second-order valence-corrected chi connectivity index (χ2v) is 10.1. The molecule has 0 aromatic heterocycles. The Morgan fingerprint density at radius 3 is 2.38 bits per heavy atom. The van der Waals surface area contributed by atoms with Crippen molar-refractivity contribution in [3.63, 3.8) is 0 Å². The Labute approximate surface area is 203 Å². The van der Waals surface area contributed by atoms with Crippen LogP contribution in [0.4, 0.5) is 4.79 Å². The normalized spacial score (nSPS) is 23.6. The fraction of sp³-hybridized carbons (Fsp3) is 0.500. The van der Waals surface area contributed by atoms with E-state index in [1.807, 2.05) is 37.3 Å². The minimum absolute atomic E-state index is 0.131. The van der Waals surface area contributed by atoms with E-state index in [0.717, 1.165) is 25.0 Å². The number of cyclic esters (lactones) is 1. The maximum Gasteiger partial charge on any atom is 0.408 e. The highest BCUT2D eigenvalue weighted by molar-refractivity contribution is 5.81. The first-order chi connectivity index (χ1) is 16.1. The fourth-order valence-corrected chi connectivity index (χ4v) is 4.26. The molecule has 1 fully saturated rings. The first-order valence-electron chi connectivity index (χ1n) is 12.1. The number of alkyl carbamates (subject to hydrolysis) is 1. The quantitative estimate of drug-likeness (QED) is 0.579. The zero-order valence-corrected chi connectivity index (χ0v) is 20.9. The van der Waals surface area contributed by atoms with Gasteiger partial charge in [0, 0.05) is 5.92 Å². The molecular formula is C28H37NO5. The number of benzene rings is 2. The van der Waals surface area contributed by atoms with Crippen molar-refractivity contribution in [1.29, 1.82) is 0 Å². The standard InChI is InChI=1S/C28H37NO5/c1-19-14-16-21(17-15-19)18-22-10-9-13-24(29-27(31)34-28(3,4)5)26(30)32-20(2)25(22)33-23-11-7-6-8-12-23/h6-8,11-12,14-17,20,22,24-25H,9-10,13,18H2,1-5H3,(H,29,31). The lowest BCUT2D eigenvalue weighted by Crippen LogP contribution is -2.46. The van der Waals surface area contributed by atoms with Crippen LogP contribution in [0, 0.1) is 12.8 Å². The van der Waals surface area contributed by atoms with E-state index < -0.39 is 29.8 Å². The third-order valence-corrected chi connectivity index (χ3v) is 5.91. The molecule has 0 bridgehead atoms. The highest BCUT2D eigenvalue weighted by Gasteiger charge is 2.36. The van der Waals surface area contributed by atoms with Gasteiger partial charge < -0.3 is 19.5 Å². The van der Waals surface area contributed by atoms with Crippen LogP contribution >= 0.6 is 0 Å². The van der Waals surface area contributed by atoms with Gasteiger partial charge in [0.05, 0.1) is 0 Å². The molecule has 1 aliphatic rings. The Kier molecular flexibility index (Phi) is 8.59. The number of esters is 1.